The second-order valence-corrected chi connectivity index (χ2v) is 12.0. The minimum absolute atomic E-state index is 0.0507. The topological polar surface area (TPSA) is 35.6 Å². The zero-order valence-corrected chi connectivity index (χ0v) is 18.4. The monoisotopic (exact) mass is 409 g/mol. The van der Waals surface area contributed by atoms with Gasteiger partial charge in [-0.3, -0.25) is 9.24 Å². The number of benzene rings is 2. The number of rotatable bonds is 6. The van der Waals surface area contributed by atoms with Crippen molar-refractivity contribution in [3.63, 3.8) is 0 Å². The molecule has 0 saturated heterocycles. The van der Waals surface area contributed by atoms with Gasteiger partial charge >= 0.3 is 7.59 Å². The summed E-state index contributed by atoms with van der Waals surface area (Å²) in [7, 11) is 0.895. The van der Waals surface area contributed by atoms with Crippen LogP contribution in [-0.2, 0) is 4.57 Å². The Bertz CT molecular complexity index is 826. The van der Waals surface area contributed by atoms with Crippen LogP contribution in [0.2, 0.25) is 0 Å². The molecule has 1 unspecified atom stereocenters. The molecule has 0 aromatic heterocycles. The van der Waals surface area contributed by atoms with E-state index in [2.05, 4.69) is 41.1 Å². The van der Waals surface area contributed by atoms with Crippen molar-refractivity contribution in [2.45, 2.75) is 44.1 Å². The summed E-state index contributed by atoms with van der Waals surface area (Å²) in [5.41, 5.74) is 1.98. The predicted octanol–water partition coefficient (Wildman–Crippen LogP) is 6.05. The van der Waals surface area contributed by atoms with E-state index in [0.717, 1.165) is 29.1 Å². The van der Waals surface area contributed by atoms with Crippen molar-refractivity contribution in [3.8, 4) is 0 Å². The lowest BCUT2D eigenvalue weighted by molar-refractivity contribution is -0.0509. The molecule has 4 saturated carbocycles. The molecule has 1 N–H and O–H groups in total. The van der Waals surface area contributed by atoms with Gasteiger partial charge in [-0.2, -0.15) is 0 Å². The second kappa shape index (κ2) is 7.27. The van der Waals surface area contributed by atoms with Crippen molar-refractivity contribution < 1.29 is 4.57 Å². The van der Waals surface area contributed by atoms with E-state index in [4.69, 9.17) is 0 Å². The molecule has 4 bridgehead atoms. The van der Waals surface area contributed by atoms with E-state index in [-0.39, 0.29) is 5.54 Å². The number of nitrogens with one attached hydrogen (secondary N) is 1. The first-order valence-corrected chi connectivity index (χ1v) is 12.6. The average molecular weight is 410 g/mol. The highest BCUT2D eigenvalue weighted by molar-refractivity contribution is 7.61. The molecule has 29 heavy (non-hydrogen) atoms. The van der Waals surface area contributed by atoms with Crippen LogP contribution < -0.4 is 9.76 Å². The van der Waals surface area contributed by atoms with Crippen molar-refractivity contribution in [3.05, 3.63) is 60.7 Å². The molecule has 1 atom stereocenters. The van der Waals surface area contributed by atoms with Gasteiger partial charge in [0.05, 0.1) is 0 Å². The SMILES string of the molecule is CNP(=O)(N(c1ccccc1)c1ccccc1)N(C)C12CC3CC(CC(C3)C1)C2. The van der Waals surface area contributed by atoms with Gasteiger partial charge < -0.3 is 0 Å². The van der Waals surface area contributed by atoms with Crippen LogP contribution in [0.4, 0.5) is 11.4 Å². The lowest BCUT2D eigenvalue weighted by atomic mass is 9.53. The third kappa shape index (κ3) is 3.17. The van der Waals surface area contributed by atoms with Gasteiger partial charge in [-0.1, -0.05) is 36.4 Å². The molecule has 2 aromatic carbocycles. The molecule has 4 aliphatic rings. The zero-order chi connectivity index (χ0) is 20.1. The summed E-state index contributed by atoms with van der Waals surface area (Å²) in [6.45, 7) is 0. The summed E-state index contributed by atoms with van der Waals surface area (Å²) < 4.78 is 19.2. The van der Waals surface area contributed by atoms with E-state index in [9.17, 15) is 4.57 Å². The van der Waals surface area contributed by atoms with Crippen molar-refractivity contribution in [1.82, 2.24) is 9.76 Å². The summed E-state index contributed by atoms with van der Waals surface area (Å²) in [6, 6.07) is 20.4. The van der Waals surface area contributed by atoms with Gasteiger partial charge in [-0.25, -0.2) is 9.76 Å². The fourth-order valence-electron chi connectivity index (χ4n) is 6.73. The summed E-state index contributed by atoms with van der Waals surface area (Å²) in [5, 5.41) is 3.31. The largest absolute Gasteiger partial charge is 0.312 e. The minimum Gasteiger partial charge on any atom is -0.268 e. The van der Waals surface area contributed by atoms with Gasteiger partial charge in [0.25, 0.3) is 0 Å². The summed E-state index contributed by atoms with van der Waals surface area (Å²) in [5.74, 6) is 2.45. The smallest absolute Gasteiger partial charge is 0.268 e. The highest BCUT2D eigenvalue weighted by Crippen LogP contribution is 2.65. The van der Waals surface area contributed by atoms with Gasteiger partial charge in [0.15, 0.2) is 0 Å². The molecule has 4 fully saturated rings. The zero-order valence-electron chi connectivity index (χ0n) is 17.5. The first-order valence-electron chi connectivity index (χ1n) is 11.0. The number of hydrogen-bond acceptors (Lipinski definition) is 1. The van der Waals surface area contributed by atoms with Gasteiger partial charge in [-0.05, 0) is 94.6 Å². The highest BCUT2D eigenvalue weighted by atomic mass is 31.2. The maximum absolute atomic E-state index is 14.8. The Balaban J connectivity index is 1.59. The van der Waals surface area contributed by atoms with Crippen LogP contribution in [0.15, 0.2) is 60.7 Å². The Hall–Kier alpha value is -1.61. The lowest BCUT2D eigenvalue weighted by Crippen LogP contribution is -2.59. The molecule has 4 nitrogen and oxygen atoms in total. The Kier molecular flexibility index (Phi) is 4.85. The van der Waals surface area contributed by atoms with Crippen molar-refractivity contribution in [2.24, 2.45) is 17.8 Å². The summed E-state index contributed by atoms with van der Waals surface area (Å²) >= 11 is 0. The van der Waals surface area contributed by atoms with Crippen molar-refractivity contribution in [1.29, 1.82) is 0 Å². The van der Waals surface area contributed by atoms with Crippen LogP contribution in [0, 0.1) is 17.8 Å². The van der Waals surface area contributed by atoms with Crippen LogP contribution in [-0.4, -0.2) is 24.3 Å². The molecule has 0 heterocycles. The average Bonchev–Trinajstić information content (AvgIpc) is 2.74. The molecule has 0 aliphatic heterocycles. The predicted molar refractivity (Wildman–Crippen MR) is 120 cm³/mol. The number of nitrogens with zero attached hydrogens (tertiary/aromatic N) is 2. The van der Waals surface area contributed by atoms with E-state index < -0.39 is 7.59 Å². The lowest BCUT2D eigenvalue weighted by Gasteiger charge is -2.61. The second-order valence-electron chi connectivity index (χ2n) is 9.42. The van der Waals surface area contributed by atoms with Gasteiger partial charge in [0, 0.05) is 16.9 Å². The first kappa shape index (κ1) is 19.4. The van der Waals surface area contributed by atoms with E-state index in [1.54, 1.807) is 0 Å². The van der Waals surface area contributed by atoms with Crippen LogP contribution in [0.3, 0.4) is 0 Å². The Morgan fingerprint density at radius 2 is 1.24 bits per heavy atom. The molecule has 5 heteroatoms. The normalized spacial score (nSPS) is 32.3. The van der Waals surface area contributed by atoms with E-state index in [0.29, 0.717) is 0 Å². The maximum Gasteiger partial charge on any atom is 0.312 e. The fraction of sp³-hybridized carbons (Fsp3) is 0.500. The van der Waals surface area contributed by atoms with Crippen molar-refractivity contribution in [2.75, 3.05) is 18.8 Å². The first-order chi connectivity index (χ1) is 14.0. The Morgan fingerprint density at radius 1 is 0.828 bits per heavy atom. The van der Waals surface area contributed by atoms with Crippen molar-refractivity contribution >= 4 is 19.0 Å². The van der Waals surface area contributed by atoms with Crippen LogP contribution >= 0.6 is 7.59 Å². The van der Waals surface area contributed by atoms with Crippen LogP contribution in [0.1, 0.15) is 38.5 Å². The van der Waals surface area contributed by atoms with Crippen LogP contribution in [0.25, 0.3) is 0 Å². The molecule has 4 aliphatic carbocycles. The minimum atomic E-state index is -3.08. The molecular weight excluding hydrogens is 377 g/mol. The standard InChI is InChI=1S/C24H32N3OP/c1-25-29(28,26(2)24-16-19-13-20(17-24)15-21(14-19)18-24)27(22-9-5-3-6-10-22)23-11-7-4-8-12-23/h3-12,19-21H,13-18H2,1-2H3,(H,25,28). The molecule has 0 spiro atoms. The Morgan fingerprint density at radius 3 is 1.62 bits per heavy atom. The molecule has 0 radical (unpaired) electrons. The van der Waals surface area contributed by atoms with Gasteiger partial charge in [0.1, 0.15) is 0 Å². The van der Waals surface area contributed by atoms with Gasteiger partial charge in [0.2, 0.25) is 0 Å². The van der Waals surface area contributed by atoms with E-state index >= 15 is 0 Å². The quantitative estimate of drug-likeness (QED) is 0.589. The Labute approximate surface area is 174 Å². The molecule has 6 rings (SSSR count). The fourth-order valence-corrected chi connectivity index (χ4v) is 9.21. The van der Waals surface area contributed by atoms with E-state index in [1.165, 1.54) is 38.5 Å². The third-order valence-electron chi connectivity index (χ3n) is 7.66. The number of para-hydroxylation sites is 2. The molecule has 0 amide bonds. The number of anilines is 2. The number of hydrogen-bond donors (Lipinski definition) is 1. The molecular formula is C24H32N3OP. The maximum atomic E-state index is 14.8. The highest BCUT2D eigenvalue weighted by Gasteiger charge is 2.57. The molecule has 2 aromatic rings. The molecule has 154 valence electrons. The van der Waals surface area contributed by atoms with E-state index in [1.807, 2.05) is 48.1 Å². The summed E-state index contributed by atoms with van der Waals surface area (Å²) in [4.78, 5) is 0. The summed E-state index contributed by atoms with van der Waals surface area (Å²) in [6.07, 6.45) is 7.74. The van der Waals surface area contributed by atoms with Crippen LogP contribution in [0.5, 0.6) is 0 Å². The van der Waals surface area contributed by atoms with Gasteiger partial charge in [-0.15, -0.1) is 0 Å². The third-order valence-corrected chi connectivity index (χ3v) is 10.5.